The predicted molar refractivity (Wildman–Crippen MR) is 73.5 cm³/mol. The number of carbonyl (C=O) groups excluding carboxylic acids is 1. The molecule has 5 nitrogen and oxygen atoms in total. The zero-order valence-corrected chi connectivity index (χ0v) is 11.4. The molecule has 0 bridgehead atoms. The van der Waals surface area contributed by atoms with Crippen molar-refractivity contribution in [2.75, 3.05) is 24.2 Å². The lowest BCUT2D eigenvalue weighted by molar-refractivity contribution is -0.119. The Morgan fingerprint density at radius 2 is 2.17 bits per heavy atom. The summed E-state index contributed by atoms with van der Waals surface area (Å²) >= 11 is 12.0. The molecule has 1 aliphatic rings. The van der Waals surface area contributed by atoms with Gasteiger partial charge in [0.2, 0.25) is 5.91 Å². The molecule has 1 atom stereocenters. The SMILES string of the molecule is CNc1nc(NCC2CCC(=O)N2)c(Cl)cc1Cl. The van der Waals surface area contributed by atoms with Crippen molar-refractivity contribution in [2.45, 2.75) is 18.9 Å². The minimum absolute atomic E-state index is 0.0906. The lowest BCUT2D eigenvalue weighted by Crippen LogP contribution is -2.32. The molecule has 0 radical (unpaired) electrons. The zero-order chi connectivity index (χ0) is 13.1. The van der Waals surface area contributed by atoms with Crippen LogP contribution in [0.5, 0.6) is 0 Å². The second kappa shape index (κ2) is 5.63. The molecule has 2 heterocycles. The fourth-order valence-corrected chi connectivity index (χ4v) is 2.34. The van der Waals surface area contributed by atoms with E-state index in [-0.39, 0.29) is 11.9 Å². The number of aromatic nitrogens is 1. The topological polar surface area (TPSA) is 66.0 Å². The number of carbonyl (C=O) groups is 1. The van der Waals surface area contributed by atoms with Gasteiger partial charge in [-0.1, -0.05) is 23.2 Å². The summed E-state index contributed by atoms with van der Waals surface area (Å²) < 4.78 is 0. The Morgan fingerprint density at radius 1 is 1.44 bits per heavy atom. The van der Waals surface area contributed by atoms with Gasteiger partial charge in [-0.3, -0.25) is 4.79 Å². The summed E-state index contributed by atoms with van der Waals surface area (Å²) in [5.74, 6) is 1.22. The van der Waals surface area contributed by atoms with Gasteiger partial charge in [0.25, 0.3) is 0 Å². The van der Waals surface area contributed by atoms with Gasteiger partial charge in [0.05, 0.1) is 10.0 Å². The molecule has 1 aromatic heterocycles. The van der Waals surface area contributed by atoms with Gasteiger partial charge in [-0.2, -0.15) is 0 Å². The second-order valence-corrected chi connectivity index (χ2v) is 4.90. The fraction of sp³-hybridized carbons (Fsp3) is 0.455. The summed E-state index contributed by atoms with van der Waals surface area (Å²) in [6.45, 7) is 0.600. The Kier molecular flexibility index (Phi) is 4.14. The first-order chi connectivity index (χ1) is 8.60. The Bertz CT molecular complexity index is 467. The highest BCUT2D eigenvalue weighted by Crippen LogP contribution is 2.28. The molecule has 1 aliphatic heterocycles. The maximum Gasteiger partial charge on any atom is 0.220 e. The lowest BCUT2D eigenvalue weighted by Gasteiger charge is -2.14. The molecule has 7 heteroatoms. The maximum atomic E-state index is 11.1. The van der Waals surface area contributed by atoms with Crippen LogP contribution in [0.25, 0.3) is 0 Å². The van der Waals surface area contributed by atoms with Crippen LogP contribution in [0.3, 0.4) is 0 Å². The van der Waals surface area contributed by atoms with Crippen molar-refractivity contribution in [3.63, 3.8) is 0 Å². The number of hydrogen-bond acceptors (Lipinski definition) is 4. The van der Waals surface area contributed by atoms with Gasteiger partial charge in [-0.15, -0.1) is 0 Å². The van der Waals surface area contributed by atoms with Crippen LogP contribution in [-0.2, 0) is 4.79 Å². The average Bonchev–Trinajstić information content (AvgIpc) is 2.74. The molecule has 18 heavy (non-hydrogen) atoms. The third-order valence-corrected chi connectivity index (χ3v) is 3.34. The quantitative estimate of drug-likeness (QED) is 0.794. The average molecular weight is 289 g/mol. The fourth-order valence-electron chi connectivity index (χ4n) is 1.82. The predicted octanol–water partition coefficient (Wildman–Crippen LogP) is 2.12. The Hall–Kier alpha value is -1.20. The summed E-state index contributed by atoms with van der Waals surface area (Å²) in [6, 6.07) is 1.77. The highest BCUT2D eigenvalue weighted by Gasteiger charge is 2.20. The van der Waals surface area contributed by atoms with E-state index >= 15 is 0 Å². The molecule has 1 saturated heterocycles. The molecular weight excluding hydrogens is 275 g/mol. The van der Waals surface area contributed by atoms with Crippen molar-refractivity contribution >= 4 is 40.7 Å². The number of nitrogens with one attached hydrogen (secondary N) is 3. The number of hydrogen-bond donors (Lipinski definition) is 3. The van der Waals surface area contributed by atoms with E-state index in [0.717, 1.165) is 6.42 Å². The van der Waals surface area contributed by atoms with E-state index in [2.05, 4.69) is 20.9 Å². The molecular formula is C11H14Cl2N4O. The highest BCUT2D eigenvalue weighted by atomic mass is 35.5. The van der Waals surface area contributed by atoms with Crippen molar-refractivity contribution < 1.29 is 4.79 Å². The van der Waals surface area contributed by atoms with E-state index in [4.69, 9.17) is 23.2 Å². The standard InChI is InChI=1S/C11H14Cl2N4O/c1-14-10-7(12)4-8(13)11(17-10)15-5-6-2-3-9(18)16-6/h4,6H,2-3,5H2,1H3,(H,16,18)(H2,14,15,17). The van der Waals surface area contributed by atoms with E-state index in [1.54, 1.807) is 13.1 Å². The number of amides is 1. The minimum Gasteiger partial charge on any atom is -0.372 e. The first kappa shape index (κ1) is 13.2. The van der Waals surface area contributed by atoms with Crippen molar-refractivity contribution in [3.05, 3.63) is 16.1 Å². The Morgan fingerprint density at radius 3 is 2.78 bits per heavy atom. The van der Waals surface area contributed by atoms with Crippen LogP contribution in [0.15, 0.2) is 6.07 Å². The first-order valence-electron chi connectivity index (χ1n) is 5.67. The molecule has 1 fully saturated rings. The summed E-state index contributed by atoms with van der Waals surface area (Å²) in [5, 5.41) is 9.81. The number of pyridine rings is 1. The number of nitrogens with zero attached hydrogens (tertiary/aromatic N) is 1. The smallest absolute Gasteiger partial charge is 0.220 e. The Balaban J connectivity index is 2.02. The summed E-state index contributed by atoms with van der Waals surface area (Å²) in [5.41, 5.74) is 0. The molecule has 1 amide bonds. The second-order valence-electron chi connectivity index (χ2n) is 4.08. The molecule has 0 saturated carbocycles. The van der Waals surface area contributed by atoms with Gasteiger partial charge in [0, 0.05) is 26.1 Å². The van der Waals surface area contributed by atoms with Crippen LogP contribution in [-0.4, -0.2) is 30.5 Å². The molecule has 0 aromatic carbocycles. The van der Waals surface area contributed by atoms with E-state index in [9.17, 15) is 4.79 Å². The molecule has 2 rings (SSSR count). The van der Waals surface area contributed by atoms with Crippen LogP contribution >= 0.6 is 23.2 Å². The van der Waals surface area contributed by atoms with Crippen LogP contribution in [0.2, 0.25) is 10.0 Å². The minimum atomic E-state index is 0.0906. The summed E-state index contributed by atoms with van der Waals surface area (Å²) in [4.78, 5) is 15.3. The highest BCUT2D eigenvalue weighted by molar-refractivity contribution is 6.37. The van der Waals surface area contributed by atoms with E-state index in [1.165, 1.54) is 0 Å². The van der Waals surface area contributed by atoms with E-state index < -0.39 is 0 Å². The molecule has 1 unspecified atom stereocenters. The largest absolute Gasteiger partial charge is 0.372 e. The normalized spacial score (nSPS) is 18.6. The van der Waals surface area contributed by atoms with Crippen LogP contribution < -0.4 is 16.0 Å². The maximum absolute atomic E-state index is 11.1. The van der Waals surface area contributed by atoms with Gasteiger partial charge in [-0.25, -0.2) is 4.98 Å². The number of halogens is 2. The lowest BCUT2D eigenvalue weighted by atomic mass is 10.2. The monoisotopic (exact) mass is 288 g/mol. The Labute approximate surface area is 115 Å². The molecule has 0 spiro atoms. The van der Waals surface area contributed by atoms with Crippen molar-refractivity contribution in [1.82, 2.24) is 10.3 Å². The third-order valence-electron chi connectivity index (χ3n) is 2.77. The molecule has 1 aromatic rings. The summed E-state index contributed by atoms with van der Waals surface area (Å²) in [6.07, 6.45) is 1.41. The van der Waals surface area contributed by atoms with Gasteiger partial charge < -0.3 is 16.0 Å². The van der Waals surface area contributed by atoms with Gasteiger partial charge in [0.1, 0.15) is 11.6 Å². The summed E-state index contributed by atoms with van der Waals surface area (Å²) in [7, 11) is 1.74. The van der Waals surface area contributed by atoms with Crippen molar-refractivity contribution in [2.24, 2.45) is 0 Å². The molecule has 3 N–H and O–H groups in total. The third kappa shape index (κ3) is 2.97. The van der Waals surface area contributed by atoms with E-state index in [0.29, 0.717) is 34.6 Å². The number of rotatable bonds is 4. The van der Waals surface area contributed by atoms with Crippen LogP contribution in [0.1, 0.15) is 12.8 Å². The van der Waals surface area contributed by atoms with Crippen LogP contribution in [0, 0.1) is 0 Å². The molecule has 0 aliphatic carbocycles. The van der Waals surface area contributed by atoms with Gasteiger partial charge in [-0.05, 0) is 12.5 Å². The first-order valence-corrected chi connectivity index (χ1v) is 6.42. The zero-order valence-electron chi connectivity index (χ0n) is 9.89. The number of anilines is 2. The van der Waals surface area contributed by atoms with Gasteiger partial charge >= 0.3 is 0 Å². The van der Waals surface area contributed by atoms with Crippen molar-refractivity contribution in [1.29, 1.82) is 0 Å². The van der Waals surface area contributed by atoms with Crippen LogP contribution in [0.4, 0.5) is 11.6 Å². The van der Waals surface area contributed by atoms with Gasteiger partial charge in [0.15, 0.2) is 0 Å². The molecule has 98 valence electrons. The van der Waals surface area contributed by atoms with Crippen molar-refractivity contribution in [3.8, 4) is 0 Å². The van der Waals surface area contributed by atoms with E-state index in [1.807, 2.05) is 0 Å².